The molecule has 0 aromatic heterocycles. The van der Waals surface area contributed by atoms with Crippen LogP contribution in [0.3, 0.4) is 0 Å². The summed E-state index contributed by atoms with van der Waals surface area (Å²) in [7, 11) is 0. The zero-order chi connectivity index (χ0) is 32.5. The van der Waals surface area contributed by atoms with Crippen molar-refractivity contribution in [3.05, 3.63) is 120 Å². The van der Waals surface area contributed by atoms with E-state index in [1.807, 2.05) is 54.6 Å². The predicted molar refractivity (Wildman–Crippen MR) is 175 cm³/mol. The van der Waals surface area contributed by atoms with Gasteiger partial charge in [-0.15, -0.1) is 0 Å². The van der Waals surface area contributed by atoms with Crippen LogP contribution < -0.4 is 19.9 Å². The quantitative estimate of drug-likeness (QED) is 0.273. The number of fused-ring (bicyclic) bond motifs is 3. The van der Waals surface area contributed by atoms with E-state index in [2.05, 4.69) is 5.32 Å². The minimum Gasteiger partial charge on any atom is -0.484 e. The van der Waals surface area contributed by atoms with E-state index in [1.54, 1.807) is 58.3 Å². The Hall–Kier alpha value is -5.77. The number of carbonyl (C=O) groups excluding carboxylic acids is 5. The lowest BCUT2D eigenvalue weighted by molar-refractivity contribution is -0.123. The Labute approximate surface area is 271 Å². The van der Waals surface area contributed by atoms with Gasteiger partial charge in [0.25, 0.3) is 17.7 Å². The smallest absolute Gasteiger partial charge is 0.262 e. The number of rotatable bonds is 8. The molecule has 10 heteroatoms. The van der Waals surface area contributed by atoms with Crippen molar-refractivity contribution in [3.8, 4) is 5.75 Å². The number of imide groups is 1. The van der Waals surface area contributed by atoms with Gasteiger partial charge in [-0.3, -0.25) is 28.9 Å². The van der Waals surface area contributed by atoms with Crippen molar-refractivity contribution in [1.82, 2.24) is 4.90 Å². The Morgan fingerprint density at radius 3 is 2.06 bits per heavy atom. The summed E-state index contributed by atoms with van der Waals surface area (Å²) in [6.45, 7) is -0.290. The van der Waals surface area contributed by atoms with Crippen molar-refractivity contribution < 1.29 is 28.7 Å². The number of para-hydroxylation sites is 3. The molecular weight excluding hydrogens is 596 g/mol. The normalized spacial score (nSPS) is 18.4. The van der Waals surface area contributed by atoms with Gasteiger partial charge in [-0.2, -0.15) is 0 Å². The number of benzene rings is 4. The Morgan fingerprint density at radius 2 is 1.36 bits per heavy atom. The van der Waals surface area contributed by atoms with Crippen LogP contribution in [0.15, 0.2) is 103 Å². The van der Waals surface area contributed by atoms with E-state index in [4.69, 9.17) is 4.74 Å². The number of ether oxygens (including phenoxy) is 1. The molecular formula is C37H32N4O6. The number of hydrogen-bond acceptors (Lipinski definition) is 6. The molecule has 7 rings (SSSR count). The lowest BCUT2D eigenvalue weighted by Gasteiger charge is -2.31. The van der Waals surface area contributed by atoms with Crippen molar-refractivity contribution in [1.29, 1.82) is 0 Å². The number of amides is 5. The molecule has 2 atom stereocenters. The van der Waals surface area contributed by atoms with Crippen molar-refractivity contribution >= 4 is 46.6 Å². The molecule has 2 heterocycles. The lowest BCUT2D eigenvalue weighted by Crippen LogP contribution is -2.49. The Kier molecular flexibility index (Phi) is 7.99. The highest BCUT2D eigenvalue weighted by Gasteiger charge is 2.47. The van der Waals surface area contributed by atoms with E-state index in [-0.39, 0.29) is 36.1 Å². The average molecular weight is 629 g/mol. The Bertz CT molecular complexity index is 1840. The van der Waals surface area contributed by atoms with Crippen molar-refractivity contribution in [3.63, 3.8) is 0 Å². The molecule has 236 valence electrons. The fourth-order valence-electron chi connectivity index (χ4n) is 6.75. The highest BCUT2D eigenvalue weighted by atomic mass is 16.5. The van der Waals surface area contributed by atoms with Crippen LogP contribution in [0.25, 0.3) is 0 Å². The number of anilines is 3. The highest BCUT2D eigenvalue weighted by molar-refractivity contribution is 6.23. The molecule has 4 aromatic rings. The SMILES string of the molecule is O=C(COc1ccccc1)Nc1ccc(CN2C(=O)[C@H]3CCC[C@H]3N(C(=O)CN3C(=O)c4ccccc4C3=O)c3ccccc32)cc1. The molecule has 0 unspecified atom stereocenters. The number of hydrogen-bond donors (Lipinski definition) is 1. The third-order valence-electron chi connectivity index (χ3n) is 8.96. The van der Waals surface area contributed by atoms with Gasteiger partial charge in [0.15, 0.2) is 6.61 Å². The molecule has 1 fully saturated rings. The number of nitrogens with one attached hydrogen (secondary N) is 1. The van der Waals surface area contributed by atoms with Crippen LogP contribution in [0.4, 0.5) is 17.1 Å². The van der Waals surface area contributed by atoms with Gasteiger partial charge in [0.2, 0.25) is 11.8 Å². The van der Waals surface area contributed by atoms with Gasteiger partial charge >= 0.3 is 0 Å². The van der Waals surface area contributed by atoms with E-state index >= 15 is 0 Å². The summed E-state index contributed by atoms with van der Waals surface area (Å²) >= 11 is 0. The van der Waals surface area contributed by atoms with Crippen LogP contribution in [0.1, 0.15) is 45.5 Å². The second-order valence-corrected chi connectivity index (χ2v) is 11.9. The first-order valence-electron chi connectivity index (χ1n) is 15.6. The first-order chi connectivity index (χ1) is 22.9. The monoisotopic (exact) mass is 628 g/mol. The third kappa shape index (κ3) is 5.74. The lowest BCUT2D eigenvalue weighted by atomic mass is 10.0. The first kappa shape index (κ1) is 29.9. The number of carbonyl (C=O) groups is 5. The van der Waals surface area contributed by atoms with E-state index in [1.165, 1.54) is 0 Å². The van der Waals surface area contributed by atoms with Crippen LogP contribution >= 0.6 is 0 Å². The summed E-state index contributed by atoms with van der Waals surface area (Å²) in [5.74, 6) is -1.60. The summed E-state index contributed by atoms with van der Waals surface area (Å²) in [4.78, 5) is 71.2. The molecule has 4 aromatic carbocycles. The average Bonchev–Trinajstić information content (AvgIpc) is 3.64. The summed E-state index contributed by atoms with van der Waals surface area (Å²) < 4.78 is 5.52. The first-order valence-corrected chi connectivity index (χ1v) is 15.6. The van der Waals surface area contributed by atoms with E-state index in [0.29, 0.717) is 35.7 Å². The third-order valence-corrected chi connectivity index (χ3v) is 8.96. The van der Waals surface area contributed by atoms with Gasteiger partial charge in [-0.05, 0) is 66.9 Å². The fourth-order valence-corrected chi connectivity index (χ4v) is 6.75. The molecule has 0 saturated heterocycles. The molecule has 0 spiro atoms. The standard InChI is InChI=1S/C37H32N4O6/c42-33(23-47-26-9-2-1-3-10-26)38-25-19-17-24(18-20-25)21-39-31-14-6-7-15-32(31)41(30-16-8-13-29(30)37(39)46)34(43)22-40-35(44)27-11-4-5-12-28(27)36(40)45/h1-7,9-12,14-15,17-20,29-30H,8,13,16,21-23H2,(H,38,42)/t29-,30+/m0/s1. The highest BCUT2D eigenvalue weighted by Crippen LogP contribution is 2.43. The van der Waals surface area contributed by atoms with Gasteiger partial charge in [-0.25, -0.2) is 0 Å². The van der Waals surface area contributed by atoms with Crippen molar-refractivity contribution in [2.75, 3.05) is 28.3 Å². The summed E-state index contributed by atoms with van der Waals surface area (Å²) in [5.41, 5.74) is 3.16. The predicted octanol–water partition coefficient (Wildman–Crippen LogP) is 5.05. The molecule has 1 saturated carbocycles. The van der Waals surface area contributed by atoms with Crippen LogP contribution in [-0.4, -0.2) is 53.6 Å². The molecule has 0 bridgehead atoms. The van der Waals surface area contributed by atoms with Gasteiger partial charge in [-0.1, -0.05) is 61.0 Å². The van der Waals surface area contributed by atoms with Gasteiger partial charge in [0.05, 0.1) is 35.0 Å². The fraction of sp³-hybridized carbons (Fsp3) is 0.216. The Morgan fingerprint density at radius 1 is 0.723 bits per heavy atom. The molecule has 2 aliphatic heterocycles. The number of nitrogens with zero attached hydrogens (tertiary/aromatic N) is 3. The maximum Gasteiger partial charge on any atom is 0.262 e. The molecule has 0 radical (unpaired) electrons. The van der Waals surface area contributed by atoms with Crippen molar-refractivity contribution in [2.24, 2.45) is 5.92 Å². The minimum atomic E-state index is -0.494. The zero-order valence-electron chi connectivity index (χ0n) is 25.5. The van der Waals surface area contributed by atoms with Gasteiger partial charge < -0.3 is 19.9 Å². The molecule has 1 aliphatic carbocycles. The molecule has 10 nitrogen and oxygen atoms in total. The molecule has 1 N–H and O–H groups in total. The van der Waals surface area contributed by atoms with Crippen LogP contribution in [0.5, 0.6) is 5.75 Å². The van der Waals surface area contributed by atoms with Crippen LogP contribution in [0.2, 0.25) is 0 Å². The summed E-state index contributed by atoms with van der Waals surface area (Å²) in [6, 6.07) is 29.8. The molecule has 5 amide bonds. The summed E-state index contributed by atoms with van der Waals surface area (Å²) in [5, 5.41) is 2.83. The second-order valence-electron chi connectivity index (χ2n) is 11.9. The van der Waals surface area contributed by atoms with Crippen molar-refractivity contribution in [2.45, 2.75) is 31.8 Å². The minimum absolute atomic E-state index is 0.0774. The van der Waals surface area contributed by atoms with E-state index < -0.39 is 36.2 Å². The van der Waals surface area contributed by atoms with E-state index in [9.17, 15) is 24.0 Å². The molecule has 47 heavy (non-hydrogen) atoms. The second kappa shape index (κ2) is 12.6. The topological polar surface area (TPSA) is 116 Å². The molecule has 3 aliphatic rings. The summed E-state index contributed by atoms with van der Waals surface area (Å²) in [6.07, 6.45) is 2.03. The van der Waals surface area contributed by atoms with E-state index in [0.717, 1.165) is 16.9 Å². The zero-order valence-corrected chi connectivity index (χ0v) is 25.5. The largest absolute Gasteiger partial charge is 0.484 e. The van der Waals surface area contributed by atoms with Gasteiger partial charge in [0.1, 0.15) is 12.3 Å². The maximum atomic E-state index is 14.2. The Balaban J connectivity index is 1.10. The van der Waals surface area contributed by atoms with Crippen LogP contribution in [0, 0.1) is 5.92 Å². The van der Waals surface area contributed by atoms with Gasteiger partial charge in [0, 0.05) is 11.7 Å². The maximum absolute atomic E-state index is 14.2. The van der Waals surface area contributed by atoms with Crippen LogP contribution in [-0.2, 0) is 20.9 Å².